The first-order valence-corrected chi connectivity index (χ1v) is 7.16. The van der Waals surface area contributed by atoms with Crippen LogP contribution in [0, 0.1) is 5.92 Å². The van der Waals surface area contributed by atoms with E-state index in [0.717, 1.165) is 12.1 Å². The quantitative estimate of drug-likeness (QED) is 0.871. The van der Waals surface area contributed by atoms with Crippen LogP contribution in [0.25, 0.3) is 11.5 Å². The highest BCUT2D eigenvalue weighted by atomic mass is 19.3. The van der Waals surface area contributed by atoms with Crippen LogP contribution < -0.4 is 0 Å². The maximum absolute atomic E-state index is 12.5. The predicted octanol–water partition coefficient (Wildman–Crippen LogP) is 3.04. The molecule has 2 aliphatic rings. The van der Waals surface area contributed by atoms with Crippen molar-refractivity contribution < 1.29 is 18.0 Å². The molecule has 2 aromatic rings. The zero-order valence-corrected chi connectivity index (χ0v) is 11.6. The Bertz CT molecular complexity index is 740. The van der Waals surface area contributed by atoms with Gasteiger partial charge in [0.05, 0.1) is 0 Å². The molecule has 5 nitrogen and oxygen atoms in total. The molecule has 4 rings (SSSR count). The zero-order valence-electron chi connectivity index (χ0n) is 11.6. The van der Waals surface area contributed by atoms with Gasteiger partial charge in [0.25, 0.3) is 11.8 Å². The van der Waals surface area contributed by atoms with E-state index in [9.17, 15) is 13.6 Å². The van der Waals surface area contributed by atoms with Gasteiger partial charge in [-0.15, -0.1) is 10.2 Å². The molecule has 0 spiro atoms. The van der Waals surface area contributed by atoms with Crippen molar-refractivity contribution in [3.05, 3.63) is 35.2 Å². The molecular formula is C15H13F2N3O2. The van der Waals surface area contributed by atoms with Crippen LogP contribution in [0.3, 0.4) is 0 Å². The molecule has 1 aliphatic heterocycles. The molecule has 2 heterocycles. The number of nitrogens with zero attached hydrogens (tertiary/aromatic N) is 3. The molecule has 7 heteroatoms. The largest absolute Gasteiger partial charge is 0.415 e. The average molecular weight is 305 g/mol. The van der Waals surface area contributed by atoms with Crippen LogP contribution in [0.5, 0.6) is 0 Å². The van der Waals surface area contributed by atoms with Crippen LogP contribution in [0.2, 0.25) is 0 Å². The molecule has 22 heavy (non-hydrogen) atoms. The van der Waals surface area contributed by atoms with Gasteiger partial charge in [-0.25, -0.2) is 0 Å². The summed E-state index contributed by atoms with van der Waals surface area (Å²) < 4.78 is 29.9. The van der Waals surface area contributed by atoms with Gasteiger partial charge in [0.15, 0.2) is 0 Å². The number of halogens is 2. The van der Waals surface area contributed by atoms with E-state index < -0.39 is 12.3 Å². The lowest BCUT2D eigenvalue weighted by Gasteiger charge is -2.14. The van der Waals surface area contributed by atoms with Crippen LogP contribution in [-0.2, 0) is 6.54 Å². The smallest absolute Gasteiger partial charge is 0.314 e. The third kappa shape index (κ3) is 2.26. The Kier molecular flexibility index (Phi) is 2.95. The lowest BCUT2D eigenvalue weighted by molar-refractivity contribution is 0.0771. The molecular weight excluding hydrogens is 292 g/mol. The van der Waals surface area contributed by atoms with Gasteiger partial charge in [0, 0.05) is 24.2 Å². The van der Waals surface area contributed by atoms with E-state index in [-0.39, 0.29) is 11.8 Å². The normalized spacial score (nSPS) is 17.4. The van der Waals surface area contributed by atoms with E-state index in [4.69, 9.17) is 4.42 Å². The van der Waals surface area contributed by atoms with E-state index in [1.807, 2.05) is 11.0 Å². The van der Waals surface area contributed by atoms with Gasteiger partial charge in [-0.05, 0) is 36.5 Å². The molecule has 114 valence electrons. The Hall–Kier alpha value is -2.31. The molecule has 1 aromatic heterocycles. The Morgan fingerprint density at radius 1 is 1.32 bits per heavy atom. The summed E-state index contributed by atoms with van der Waals surface area (Å²) in [6.45, 7) is 1.40. The van der Waals surface area contributed by atoms with Gasteiger partial charge >= 0.3 is 6.43 Å². The monoisotopic (exact) mass is 305 g/mol. The first-order chi connectivity index (χ1) is 10.6. The van der Waals surface area contributed by atoms with Crippen molar-refractivity contribution in [1.82, 2.24) is 15.1 Å². The van der Waals surface area contributed by atoms with E-state index in [1.54, 1.807) is 12.1 Å². The third-order valence-electron chi connectivity index (χ3n) is 4.04. The van der Waals surface area contributed by atoms with E-state index in [2.05, 4.69) is 10.2 Å². The maximum atomic E-state index is 12.5. The van der Waals surface area contributed by atoms with E-state index in [0.29, 0.717) is 23.6 Å². The molecule has 0 bridgehead atoms. The van der Waals surface area contributed by atoms with Crippen LogP contribution >= 0.6 is 0 Å². The van der Waals surface area contributed by atoms with Gasteiger partial charge in [-0.1, -0.05) is 6.07 Å². The lowest BCUT2D eigenvalue weighted by Crippen LogP contribution is -2.26. The minimum Gasteiger partial charge on any atom is -0.415 e. The van der Waals surface area contributed by atoms with Crippen molar-refractivity contribution >= 4 is 5.91 Å². The highest BCUT2D eigenvalue weighted by Crippen LogP contribution is 2.34. The fourth-order valence-electron chi connectivity index (χ4n) is 2.69. The number of fused-ring (bicyclic) bond motifs is 1. The first kappa shape index (κ1) is 13.4. The van der Waals surface area contributed by atoms with Crippen molar-refractivity contribution in [3.63, 3.8) is 0 Å². The standard InChI is InChI=1S/C15H13F2N3O2/c16-12(17)14-19-18-13(22-14)9-3-4-10-7-20(6-8-1-2-8)15(21)11(10)5-9/h3-5,8,12H,1-2,6-7H2. The van der Waals surface area contributed by atoms with Crippen molar-refractivity contribution in [1.29, 1.82) is 0 Å². The summed E-state index contributed by atoms with van der Waals surface area (Å²) in [4.78, 5) is 14.2. The summed E-state index contributed by atoms with van der Waals surface area (Å²) in [5.74, 6) is -0.0941. The molecule has 0 N–H and O–H groups in total. The summed E-state index contributed by atoms with van der Waals surface area (Å²) in [6.07, 6.45) is -0.431. The molecule has 1 aliphatic carbocycles. The van der Waals surface area contributed by atoms with Gasteiger partial charge in [-0.2, -0.15) is 8.78 Å². The van der Waals surface area contributed by atoms with Crippen LogP contribution in [0.1, 0.15) is 41.1 Å². The Labute approximate surface area is 124 Å². The van der Waals surface area contributed by atoms with Crippen molar-refractivity contribution in [2.75, 3.05) is 6.54 Å². The number of carbonyl (C=O) groups is 1. The van der Waals surface area contributed by atoms with Crippen molar-refractivity contribution in [2.24, 2.45) is 5.92 Å². The topological polar surface area (TPSA) is 59.2 Å². The second kappa shape index (κ2) is 4.86. The highest BCUT2D eigenvalue weighted by molar-refractivity contribution is 5.99. The summed E-state index contributed by atoms with van der Waals surface area (Å²) >= 11 is 0. The molecule has 1 saturated carbocycles. The summed E-state index contributed by atoms with van der Waals surface area (Å²) in [5, 5.41) is 6.92. The summed E-state index contributed by atoms with van der Waals surface area (Å²) in [6, 6.07) is 5.19. The highest BCUT2D eigenvalue weighted by Gasteiger charge is 2.33. The lowest BCUT2D eigenvalue weighted by atomic mass is 10.1. The number of amides is 1. The molecule has 0 unspecified atom stereocenters. The van der Waals surface area contributed by atoms with E-state index >= 15 is 0 Å². The average Bonchev–Trinajstić information content (AvgIpc) is 3.08. The molecule has 0 saturated heterocycles. The second-order valence-corrected chi connectivity index (χ2v) is 5.75. The van der Waals surface area contributed by atoms with Gasteiger partial charge < -0.3 is 9.32 Å². The number of carbonyl (C=O) groups excluding carboxylic acids is 1. The molecule has 1 aromatic carbocycles. The van der Waals surface area contributed by atoms with Crippen molar-refractivity contribution in [2.45, 2.75) is 25.8 Å². The maximum Gasteiger partial charge on any atom is 0.314 e. The first-order valence-electron chi connectivity index (χ1n) is 7.16. The van der Waals surface area contributed by atoms with Crippen LogP contribution in [-0.4, -0.2) is 27.5 Å². The Morgan fingerprint density at radius 3 is 2.82 bits per heavy atom. The van der Waals surface area contributed by atoms with Crippen molar-refractivity contribution in [3.8, 4) is 11.5 Å². The molecule has 1 amide bonds. The van der Waals surface area contributed by atoms with Gasteiger partial charge in [0.1, 0.15) is 0 Å². The number of alkyl halides is 2. The third-order valence-corrected chi connectivity index (χ3v) is 4.04. The minimum atomic E-state index is -2.80. The fraction of sp³-hybridized carbons (Fsp3) is 0.400. The zero-order chi connectivity index (χ0) is 15.3. The van der Waals surface area contributed by atoms with E-state index in [1.165, 1.54) is 12.8 Å². The minimum absolute atomic E-state index is 0.00606. The summed E-state index contributed by atoms with van der Waals surface area (Å²) in [7, 11) is 0. The number of hydrogen-bond donors (Lipinski definition) is 0. The fourth-order valence-corrected chi connectivity index (χ4v) is 2.69. The number of benzene rings is 1. The van der Waals surface area contributed by atoms with Crippen LogP contribution in [0.15, 0.2) is 22.6 Å². The number of rotatable bonds is 4. The molecule has 1 fully saturated rings. The van der Waals surface area contributed by atoms with Crippen LogP contribution in [0.4, 0.5) is 8.78 Å². The molecule has 0 radical (unpaired) electrons. The van der Waals surface area contributed by atoms with Gasteiger partial charge in [-0.3, -0.25) is 4.79 Å². The number of aromatic nitrogens is 2. The Balaban J connectivity index is 1.62. The Morgan fingerprint density at radius 2 is 2.14 bits per heavy atom. The summed E-state index contributed by atoms with van der Waals surface area (Å²) in [5.41, 5.74) is 2.03. The SMILES string of the molecule is O=C1c2cc(-c3nnc(C(F)F)o3)ccc2CN1CC1CC1. The predicted molar refractivity (Wildman–Crippen MR) is 72.2 cm³/mol. The number of hydrogen-bond acceptors (Lipinski definition) is 4. The van der Waals surface area contributed by atoms with Gasteiger partial charge in [0.2, 0.25) is 5.89 Å². The molecule has 0 atom stereocenters. The second-order valence-electron chi connectivity index (χ2n) is 5.75.